The lowest BCUT2D eigenvalue weighted by molar-refractivity contribution is 0.105. The van der Waals surface area contributed by atoms with E-state index in [1.54, 1.807) is 0 Å². The first-order valence-corrected chi connectivity index (χ1v) is 12.1. The molecule has 0 atom stereocenters. The van der Waals surface area contributed by atoms with Gasteiger partial charge in [-0.2, -0.15) is 0 Å². The molecule has 1 N–H and O–H groups in total. The molecule has 2 heterocycles. The van der Waals surface area contributed by atoms with E-state index in [4.69, 9.17) is 9.47 Å². The summed E-state index contributed by atoms with van der Waals surface area (Å²) in [6, 6.07) is 7.60. The van der Waals surface area contributed by atoms with Crippen LogP contribution in [0.3, 0.4) is 0 Å². The second-order valence-electron chi connectivity index (χ2n) is 7.57. The Bertz CT molecular complexity index is 785. The van der Waals surface area contributed by atoms with E-state index in [-0.39, 0.29) is 18.2 Å². The first-order chi connectivity index (χ1) is 13.9. The van der Waals surface area contributed by atoms with Gasteiger partial charge < -0.3 is 19.7 Å². The number of ether oxygens (including phenoxy) is 2. The van der Waals surface area contributed by atoms with Crippen molar-refractivity contribution in [1.29, 1.82) is 0 Å². The molecule has 2 saturated heterocycles. The molecular formula is C20H31N3O5S. The van der Waals surface area contributed by atoms with Gasteiger partial charge in [-0.3, -0.25) is 0 Å². The third kappa shape index (κ3) is 5.99. The van der Waals surface area contributed by atoms with E-state index >= 15 is 0 Å². The van der Waals surface area contributed by atoms with Crippen molar-refractivity contribution in [1.82, 2.24) is 14.5 Å². The van der Waals surface area contributed by atoms with Crippen LogP contribution in [-0.2, 0) is 10.0 Å². The second-order valence-corrected chi connectivity index (χ2v) is 9.55. The molecule has 0 saturated carbocycles. The molecule has 8 nitrogen and oxygen atoms in total. The van der Waals surface area contributed by atoms with E-state index in [0.717, 1.165) is 24.3 Å². The third-order valence-corrected chi connectivity index (χ3v) is 6.73. The number of carbonyl (C=O) groups excluding carboxylic acids is 1. The van der Waals surface area contributed by atoms with E-state index in [1.807, 2.05) is 36.1 Å². The summed E-state index contributed by atoms with van der Waals surface area (Å²) in [6.07, 6.45) is 4.10. The van der Waals surface area contributed by atoms with Gasteiger partial charge in [0.2, 0.25) is 10.0 Å². The lowest BCUT2D eigenvalue weighted by Gasteiger charge is -2.35. The van der Waals surface area contributed by atoms with Crippen molar-refractivity contribution in [2.24, 2.45) is 0 Å². The molecule has 2 fully saturated rings. The van der Waals surface area contributed by atoms with Gasteiger partial charge in [0.25, 0.3) is 0 Å². The number of rotatable bonds is 6. The smallest absolute Gasteiger partial charge is 0.317 e. The molecule has 0 unspecified atom stereocenters. The molecule has 2 aliphatic rings. The Kier molecular flexibility index (Phi) is 7.23. The second kappa shape index (κ2) is 9.67. The van der Waals surface area contributed by atoms with Crippen LogP contribution in [-0.4, -0.2) is 74.8 Å². The number of nitrogens with one attached hydrogen (secondary N) is 1. The monoisotopic (exact) mass is 425 g/mol. The van der Waals surface area contributed by atoms with E-state index in [9.17, 15) is 13.2 Å². The number of amides is 2. The molecule has 0 aliphatic carbocycles. The highest BCUT2D eigenvalue weighted by atomic mass is 32.2. The summed E-state index contributed by atoms with van der Waals surface area (Å²) in [6.45, 7) is 4.71. The maximum atomic E-state index is 12.6. The highest BCUT2D eigenvalue weighted by molar-refractivity contribution is 7.88. The van der Waals surface area contributed by atoms with Crippen molar-refractivity contribution in [2.75, 3.05) is 39.0 Å². The van der Waals surface area contributed by atoms with Crippen molar-refractivity contribution in [3.05, 3.63) is 24.3 Å². The summed E-state index contributed by atoms with van der Waals surface area (Å²) in [7, 11) is -3.15. The average Bonchev–Trinajstić information content (AvgIpc) is 2.70. The first-order valence-electron chi connectivity index (χ1n) is 10.3. The Hall–Kier alpha value is -2.00. The standard InChI is InChI=1S/C20H31N3O5S/c1-3-27-18-6-4-5-7-19(18)28-17-10-12-22(13-11-17)20(24)21-16-8-14-23(15-9-16)29(2,25)26/h4-7,16-17H,3,8-15H2,1-2H3,(H,21,24). The van der Waals surface area contributed by atoms with Gasteiger partial charge in [-0.05, 0) is 31.9 Å². The van der Waals surface area contributed by atoms with Crippen molar-refractivity contribution in [2.45, 2.75) is 44.8 Å². The molecule has 29 heavy (non-hydrogen) atoms. The van der Waals surface area contributed by atoms with E-state index in [1.165, 1.54) is 10.6 Å². The Morgan fingerprint density at radius 3 is 2.28 bits per heavy atom. The Labute approximate surface area is 173 Å². The normalized spacial score (nSPS) is 19.7. The van der Waals surface area contributed by atoms with Gasteiger partial charge in [0, 0.05) is 45.1 Å². The number of hydrogen-bond donors (Lipinski definition) is 1. The third-order valence-electron chi connectivity index (χ3n) is 5.42. The first kappa shape index (κ1) is 21.7. The average molecular weight is 426 g/mol. The van der Waals surface area contributed by atoms with Crippen LogP contribution in [0.1, 0.15) is 32.6 Å². The van der Waals surface area contributed by atoms with Crippen LogP contribution in [0.2, 0.25) is 0 Å². The predicted molar refractivity (Wildman–Crippen MR) is 111 cm³/mol. The SMILES string of the molecule is CCOc1ccccc1OC1CCN(C(=O)NC2CCN(S(C)(=O)=O)CC2)CC1. The number of para-hydroxylation sites is 2. The minimum absolute atomic E-state index is 0.0209. The fraction of sp³-hybridized carbons (Fsp3) is 0.650. The number of hydrogen-bond acceptors (Lipinski definition) is 5. The van der Waals surface area contributed by atoms with Gasteiger partial charge in [-0.15, -0.1) is 0 Å². The molecule has 1 aromatic rings. The van der Waals surface area contributed by atoms with E-state index < -0.39 is 10.0 Å². The lowest BCUT2D eigenvalue weighted by atomic mass is 10.1. The molecule has 2 amide bonds. The minimum Gasteiger partial charge on any atom is -0.490 e. The number of carbonyl (C=O) groups is 1. The zero-order chi connectivity index (χ0) is 20.9. The van der Waals surface area contributed by atoms with Gasteiger partial charge in [-0.25, -0.2) is 17.5 Å². The number of sulfonamides is 1. The number of nitrogens with zero attached hydrogens (tertiary/aromatic N) is 2. The van der Waals surface area contributed by atoms with Gasteiger partial charge in [0.1, 0.15) is 6.10 Å². The van der Waals surface area contributed by atoms with Crippen LogP contribution in [0.4, 0.5) is 4.79 Å². The number of urea groups is 1. The summed E-state index contributed by atoms with van der Waals surface area (Å²) in [5.74, 6) is 1.49. The number of piperidine rings is 2. The van der Waals surface area contributed by atoms with E-state index in [2.05, 4.69) is 5.32 Å². The number of benzene rings is 1. The molecule has 0 radical (unpaired) electrons. The lowest BCUT2D eigenvalue weighted by Crippen LogP contribution is -2.52. The summed E-state index contributed by atoms with van der Waals surface area (Å²) < 4.78 is 36.4. The van der Waals surface area contributed by atoms with Crippen LogP contribution in [0.5, 0.6) is 11.5 Å². The Balaban J connectivity index is 1.43. The highest BCUT2D eigenvalue weighted by Gasteiger charge is 2.29. The summed E-state index contributed by atoms with van der Waals surface area (Å²) >= 11 is 0. The fourth-order valence-electron chi connectivity index (χ4n) is 3.78. The van der Waals surface area contributed by atoms with Crippen molar-refractivity contribution in [3.8, 4) is 11.5 Å². The highest BCUT2D eigenvalue weighted by Crippen LogP contribution is 2.29. The zero-order valence-corrected chi connectivity index (χ0v) is 18.0. The minimum atomic E-state index is -3.15. The van der Waals surface area contributed by atoms with Crippen LogP contribution in [0.25, 0.3) is 0 Å². The van der Waals surface area contributed by atoms with Crippen molar-refractivity contribution >= 4 is 16.1 Å². The van der Waals surface area contributed by atoms with Crippen molar-refractivity contribution < 1.29 is 22.7 Å². The number of likely N-dealkylation sites (tertiary alicyclic amines) is 1. The molecule has 9 heteroatoms. The molecule has 2 aliphatic heterocycles. The van der Waals surface area contributed by atoms with Gasteiger partial charge in [-0.1, -0.05) is 12.1 Å². The molecular weight excluding hydrogens is 394 g/mol. The van der Waals surface area contributed by atoms with Crippen LogP contribution >= 0.6 is 0 Å². The van der Waals surface area contributed by atoms with Gasteiger partial charge in [0.05, 0.1) is 12.9 Å². The van der Waals surface area contributed by atoms with E-state index in [0.29, 0.717) is 45.6 Å². The maximum absolute atomic E-state index is 12.6. The Morgan fingerprint density at radius 1 is 1.07 bits per heavy atom. The molecule has 0 bridgehead atoms. The van der Waals surface area contributed by atoms with Crippen molar-refractivity contribution in [3.63, 3.8) is 0 Å². The molecule has 162 valence electrons. The van der Waals surface area contributed by atoms with Crippen LogP contribution in [0.15, 0.2) is 24.3 Å². The molecule has 0 aromatic heterocycles. The van der Waals surface area contributed by atoms with Gasteiger partial charge in [0.15, 0.2) is 11.5 Å². The van der Waals surface area contributed by atoms with Gasteiger partial charge >= 0.3 is 6.03 Å². The van der Waals surface area contributed by atoms with Crippen LogP contribution < -0.4 is 14.8 Å². The molecule has 3 rings (SSSR count). The maximum Gasteiger partial charge on any atom is 0.317 e. The van der Waals surface area contributed by atoms with Crippen LogP contribution in [0, 0.1) is 0 Å². The molecule has 1 aromatic carbocycles. The summed E-state index contributed by atoms with van der Waals surface area (Å²) in [4.78, 5) is 14.4. The zero-order valence-electron chi connectivity index (χ0n) is 17.2. The largest absolute Gasteiger partial charge is 0.490 e. The Morgan fingerprint density at radius 2 is 1.69 bits per heavy atom. The molecule has 0 spiro atoms. The quantitative estimate of drug-likeness (QED) is 0.754. The summed E-state index contributed by atoms with van der Waals surface area (Å²) in [5, 5.41) is 3.06. The summed E-state index contributed by atoms with van der Waals surface area (Å²) in [5.41, 5.74) is 0. The fourth-order valence-corrected chi connectivity index (χ4v) is 4.65. The predicted octanol–water partition coefficient (Wildman–Crippen LogP) is 2.06. The topological polar surface area (TPSA) is 88.2 Å².